The molecule has 1 aliphatic rings. The Kier molecular flexibility index (Phi) is 4.27. The van der Waals surface area contributed by atoms with Gasteiger partial charge in [0.25, 0.3) is 0 Å². The first-order valence-corrected chi connectivity index (χ1v) is 6.71. The number of aromatic nitrogens is 1. The van der Waals surface area contributed by atoms with Crippen LogP contribution >= 0.6 is 11.6 Å². The van der Waals surface area contributed by atoms with Gasteiger partial charge in [-0.1, -0.05) is 11.6 Å². The lowest BCUT2D eigenvalue weighted by Crippen LogP contribution is -2.38. The van der Waals surface area contributed by atoms with Crippen molar-refractivity contribution in [3.05, 3.63) is 22.8 Å². The second-order valence-electron chi connectivity index (χ2n) is 4.96. The SMILES string of the molecule is CC1CN(C)CCCN1c1nccc(C(=O)O)c1Cl. The zero-order valence-corrected chi connectivity index (χ0v) is 11.9. The lowest BCUT2D eigenvalue weighted by atomic mass is 10.2. The van der Waals surface area contributed by atoms with Gasteiger partial charge in [0.1, 0.15) is 5.82 Å². The van der Waals surface area contributed by atoms with Gasteiger partial charge < -0.3 is 14.9 Å². The molecule has 0 aliphatic carbocycles. The molecular weight excluding hydrogens is 266 g/mol. The highest BCUT2D eigenvalue weighted by atomic mass is 35.5. The topological polar surface area (TPSA) is 56.7 Å². The highest BCUT2D eigenvalue weighted by Gasteiger charge is 2.24. The van der Waals surface area contributed by atoms with Gasteiger partial charge in [0.2, 0.25) is 0 Å². The minimum atomic E-state index is -1.02. The van der Waals surface area contributed by atoms with Gasteiger partial charge in [-0.25, -0.2) is 9.78 Å². The van der Waals surface area contributed by atoms with E-state index in [4.69, 9.17) is 16.7 Å². The summed E-state index contributed by atoms with van der Waals surface area (Å²) in [6.07, 6.45) is 2.52. The molecule has 0 spiro atoms. The summed E-state index contributed by atoms with van der Waals surface area (Å²) in [4.78, 5) is 19.8. The molecule has 0 radical (unpaired) electrons. The summed E-state index contributed by atoms with van der Waals surface area (Å²) in [7, 11) is 2.09. The Bertz CT molecular complexity index is 481. The maximum absolute atomic E-state index is 11.1. The van der Waals surface area contributed by atoms with E-state index in [2.05, 4.69) is 28.8 Å². The number of anilines is 1. The first kappa shape index (κ1) is 14.1. The van der Waals surface area contributed by atoms with Gasteiger partial charge in [-0.2, -0.15) is 0 Å². The molecule has 1 atom stereocenters. The van der Waals surface area contributed by atoms with Crippen LogP contribution in [0.25, 0.3) is 0 Å². The maximum Gasteiger partial charge on any atom is 0.337 e. The van der Waals surface area contributed by atoms with Crippen LogP contribution in [-0.2, 0) is 0 Å². The molecule has 0 aromatic carbocycles. The van der Waals surface area contributed by atoms with Gasteiger partial charge in [-0.05, 0) is 33.0 Å². The van der Waals surface area contributed by atoms with Crippen molar-refractivity contribution in [1.29, 1.82) is 0 Å². The normalized spacial score (nSPS) is 21.2. The summed E-state index contributed by atoms with van der Waals surface area (Å²) >= 11 is 6.19. The molecule has 104 valence electrons. The monoisotopic (exact) mass is 283 g/mol. The molecule has 1 N–H and O–H groups in total. The summed E-state index contributed by atoms with van der Waals surface area (Å²) in [5.74, 6) is -0.447. The van der Waals surface area contributed by atoms with Gasteiger partial charge in [-0.15, -0.1) is 0 Å². The number of carboxylic acid groups (broad SMARTS) is 1. The summed E-state index contributed by atoms with van der Waals surface area (Å²) < 4.78 is 0. The third-order valence-electron chi connectivity index (χ3n) is 3.42. The molecule has 19 heavy (non-hydrogen) atoms. The van der Waals surface area contributed by atoms with Crippen molar-refractivity contribution in [2.45, 2.75) is 19.4 Å². The van der Waals surface area contributed by atoms with E-state index in [1.807, 2.05) is 0 Å². The van der Waals surface area contributed by atoms with Crippen LogP contribution in [0.3, 0.4) is 0 Å². The number of rotatable bonds is 2. The van der Waals surface area contributed by atoms with E-state index in [1.54, 1.807) is 0 Å². The van der Waals surface area contributed by atoms with E-state index in [0.717, 1.165) is 26.1 Å². The minimum absolute atomic E-state index is 0.108. The number of aromatic carboxylic acids is 1. The fourth-order valence-corrected chi connectivity index (χ4v) is 2.79. The number of nitrogens with zero attached hydrogens (tertiary/aromatic N) is 3. The Morgan fingerprint density at radius 1 is 1.53 bits per heavy atom. The number of pyridine rings is 1. The molecule has 0 amide bonds. The predicted molar refractivity (Wildman–Crippen MR) is 75.1 cm³/mol. The van der Waals surface area contributed by atoms with Crippen LogP contribution in [0.15, 0.2) is 12.3 Å². The van der Waals surface area contributed by atoms with Crippen LogP contribution in [0.1, 0.15) is 23.7 Å². The summed E-state index contributed by atoms with van der Waals surface area (Å²) in [6.45, 7) is 4.88. The Morgan fingerprint density at radius 2 is 2.26 bits per heavy atom. The third kappa shape index (κ3) is 2.98. The van der Waals surface area contributed by atoms with Crippen molar-refractivity contribution < 1.29 is 9.90 Å². The molecule has 0 bridgehead atoms. The molecule has 1 aromatic heterocycles. The second-order valence-corrected chi connectivity index (χ2v) is 5.34. The Balaban J connectivity index is 2.35. The summed E-state index contributed by atoms with van der Waals surface area (Å²) in [5, 5.41) is 9.34. The summed E-state index contributed by atoms with van der Waals surface area (Å²) in [6, 6.07) is 1.68. The first-order chi connectivity index (χ1) is 9.00. The van der Waals surface area contributed by atoms with Crippen molar-refractivity contribution in [2.24, 2.45) is 0 Å². The van der Waals surface area contributed by atoms with E-state index in [9.17, 15) is 4.79 Å². The molecule has 1 aromatic rings. The van der Waals surface area contributed by atoms with Crippen LogP contribution < -0.4 is 4.90 Å². The largest absolute Gasteiger partial charge is 0.478 e. The molecule has 1 fully saturated rings. The molecule has 0 saturated carbocycles. The fourth-order valence-electron chi connectivity index (χ4n) is 2.49. The summed E-state index contributed by atoms with van der Waals surface area (Å²) in [5.41, 5.74) is 0.108. The number of halogens is 1. The number of hydrogen-bond donors (Lipinski definition) is 1. The fraction of sp³-hybridized carbons (Fsp3) is 0.538. The Labute approximate surface area is 117 Å². The third-order valence-corrected chi connectivity index (χ3v) is 3.79. The highest BCUT2D eigenvalue weighted by molar-refractivity contribution is 6.35. The molecule has 5 nitrogen and oxygen atoms in total. The zero-order valence-electron chi connectivity index (χ0n) is 11.1. The Hall–Kier alpha value is -1.33. The molecule has 1 saturated heterocycles. The van der Waals surface area contributed by atoms with Gasteiger partial charge >= 0.3 is 5.97 Å². The van der Waals surface area contributed by atoms with Crippen LogP contribution in [0.4, 0.5) is 5.82 Å². The van der Waals surface area contributed by atoms with Crippen LogP contribution in [0, 0.1) is 0 Å². The standard InChI is InChI=1S/C13H18ClN3O2/c1-9-8-16(2)6-3-7-17(9)12-11(14)10(13(18)19)4-5-15-12/h4-5,9H,3,6-8H2,1-2H3,(H,18,19). The highest BCUT2D eigenvalue weighted by Crippen LogP contribution is 2.29. The Morgan fingerprint density at radius 3 is 2.95 bits per heavy atom. The average molecular weight is 284 g/mol. The van der Waals surface area contributed by atoms with Gasteiger partial charge in [0, 0.05) is 25.3 Å². The van der Waals surface area contributed by atoms with Crippen LogP contribution in [0.2, 0.25) is 5.02 Å². The molecule has 2 rings (SSSR count). The van der Waals surface area contributed by atoms with E-state index in [-0.39, 0.29) is 16.6 Å². The number of likely N-dealkylation sites (N-methyl/N-ethyl adjacent to an activating group) is 1. The smallest absolute Gasteiger partial charge is 0.337 e. The van der Waals surface area contributed by atoms with Gasteiger partial charge in [0.05, 0.1) is 10.6 Å². The van der Waals surface area contributed by atoms with Crippen molar-refractivity contribution in [3.8, 4) is 0 Å². The van der Waals surface area contributed by atoms with Crippen molar-refractivity contribution in [1.82, 2.24) is 9.88 Å². The van der Waals surface area contributed by atoms with Crippen LogP contribution in [0.5, 0.6) is 0 Å². The van der Waals surface area contributed by atoms with E-state index < -0.39 is 5.97 Å². The first-order valence-electron chi connectivity index (χ1n) is 6.33. The van der Waals surface area contributed by atoms with E-state index in [1.165, 1.54) is 12.3 Å². The van der Waals surface area contributed by atoms with E-state index in [0.29, 0.717) is 5.82 Å². The van der Waals surface area contributed by atoms with Crippen molar-refractivity contribution in [3.63, 3.8) is 0 Å². The second kappa shape index (κ2) is 5.75. The van der Waals surface area contributed by atoms with Crippen molar-refractivity contribution in [2.75, 3.05) is 31.6 Å². The lowest BCUT2D eigenvalue weighted by molar-refractivity contribution is 0.0697. The van der Waals surface area contributed by atoms with Crippen LogP contribution in [-0.4, -0.2) is 53.7 Å². The van der Waals surface area contributed by atoms with Gasteiger partial charge in [0.15, 0.2) is 0 Å². The number of hydrogen-bond acceptors (Lipinski definition) is 4. The maximum atomic E-state index is 11.1. The number of carboxylic acids is 1. The van der Waals surface area contributed by atoms with Crippen molar-refractivity contribution >= 4 is 23.4 Å². The zero-order chi connectivity index (χ0) is 14.0. The average Bonchev–Trinajstić information content (AvgIpc) is 2.50. The molecule has 1 aliphatic heterocycles. The molecule has 1 unspecified atom stereocenters. The lowest BCUT2D eigenvalue weighted by Gasteiger charge is -2.29. The number of carbonyl (C=O) groups is 1. The molecule has 2 heterocycles. The van der Waals surface area contributed by atoms with E-state index >= 15 is 0 Å². The predicted octanol–water partition coefficient (Wildman–Crippen LogP) is 1.96. The molecular formula is C13H18ClN3O2. The van der Waals surface area contributed by atoms with Gasteiger partial charge in [-0.3, -0.25) is 0 Å². The minimum Gasteiger partial charge on any atom is -0.478 e. The molecule has 6 heteroatoms. The quantitative estimate of drug-likeness (QED) is 0.899.